The van der Waals surface area contributed by atoms with E-state index in [0.717, 1.165) is 5.56 Å². The molecule has 0 amide bonds. The van der Waals surface area contributed by atoms with Crippen LogP contribution in [-0.4, -0.2) is 12.3 Å². The highest BCUT2D eigenvalue weighted by atomic mass is 16.8. The molecule has 1 unspecified atom stereocenters. The fraction of sp³-hybridized carbons (Fsp3) is 0.0625. The molecular formula is C16H14N2O3. The van der Waals surface area contributed by atoms with Crippen molar-refractivity contribution in [1.29, 1.82) is 5.26 Å². The Bertz CT molecular complexity index is 685. The largest absolute Gasteiger partial charge is 0.595 e. The molecule has 0 radical (unpaired) electrons. The minimum absolute atomic E-state index is 0.191. The van der Waals surface area contributed by atoms with Crippen LogP contribution in [0.1, 0.15) is 11.1 Å². The minimum atomic E-state index is -0.992. The van der Waals surface area contributed by atoms with Crippen LogP contribution in [0.25, 0.3) is 11.6 Å². The topological polar surface area (TPSA) is 80.8 Å². The number of methoxy groups -OCH3 is 1. The second kappa shape index (κ2) is 6.68. The van der Waals surface area contributed by atoms with E-state index in [4.69, 9.17) is 9.94 Å². The molecule has 0 saturated carbocycles. The van der Waals surface area contributed by atoms with Crippen LogP contribution in [-0.2, 0) is 0 Å². The molecule has 2 aromatic rings. The van der Waals surface area contributed by atoms with Crippen molar-refractivity contribution in [3.63, 3.8) is 0 Å². The van der Waals surface area contributed by atoms with Crippen LogP contribution in [0.4, 0.5) is 5.69 Å². The molecule has 1 atom stereocenters. The lowest BCUT2D eigenvalue weighted by Gasteiger charge is -2.11. The quantitative estimate of drug-likeness (QED) is 0.511. The summed E-state index contributed by atoms with van der Waals surface area (Å²) in [5.74, 6) is 0.712. The summed E-state index contributed by atoms with van der Waals surface area (Å²) < 4.78 is 5.08. The first kappa shape index (κ1) is 14.8. The summed E-state index contributed by atoms with van der Waals surface area (Å²) in [4.78, 5) is 0. The Balaban J connectivity index is 2.36. The Hall–Kier alpha value is -2.65. The Morgan fingerprint density at radius 3 is 2.57 bits per heavy atom. The molecule has 2 N–H and O–H groups in total. The van der Waals surface area contributed by atoms with Crippen LogP contribution < -0.4 is 9.96 Å². The van der Waals surface area contributed by atoms with Gasteiger partial charge in [0.1, 0.15) is 5.75 Å². The maximum Gasteiger partial charge on any atom is 0.164 e. The van der Waals surface area contributed by atoms with Gasteiger partial charge in [-0.05, 0) is 41.5 Å². The van der Waals surface area contributed by atoms with E-state index in [-0.39, 0.29) is 5.69 Å². The van der Waals surface area contributed by atoms with Crippen molar-refractivity contribution in [1.82, 2.24) is 0 Å². The predicted octanol–water partition coefficient (Wildman–Crippen LogP) is 2.16. The Morgan fingerprint density at radius 1 is 1.29 bits per heavy atom. The standard InChI is InChI=1S/C16H14N2O3/c1-21-16-7-5-13(6-8-16)14(11-17)9-12-3-2-4-15(10-12)18(19)20/h2-10,18-19H,1H3/b14-9-. The number of ether oxygens (including phenoxy) is 1. The van der Waals surface area contributed by atoms with Crippen molar-refractivity contribution in [2.24, 2.45) is 0 Å². The number of benzene rings is 2. The molecule has 5 heteroatoms. The van der Waals surface area contributed by atoms with Gasteiger partial charge >= 0.3 is 0 Å². The number of nitriles is 1. The van der Waals surface area contributed by atoms with Crippen LogP contribution in [0.5, 0.6) is 5.75 Å². The molecular weight excluding hydrogens is 268 g/mol. The lowest BCUT2D eigenvalue weighted by atomic mass is 10.0. The molecule has 0 aliphatic rings. The maximum absolute atomic E-state index is 10.9. The molecule has 0 fully saturated rings. The summed E-state index contributed by atoms with van der Waals surface area (Å²) in [6.07, 6.45) is 1.66. The van der Waals surface area contributed by atoms with Crippen molar-refractivity contribution in [2.45, 2.75) is 0 Å². The summed E-state index contributed by atoms with van der Waals surface area (Å²) >= 11 is 0. The van der Waals surface area contributed by atoms with E-state index in [2.05, 4.69) is 6.07 Å². The fourth-order valence-electron chi connectivity index (χ4n) is 1.88. The first-order chi connectivity index (χ1) is 10.1. The second-order valence-electron chi connectivity index (χ2n) is 4.33. The highest BCUT2D eigenvalue weighted by Gasteiger charge is 2.04. The molecule has 2 rings (SSSR count). The molecule has 0 bridgehead atoms. The van der Waals surface area contributed by atoms with Crippen molar-refractivity contribution in [2.75, 3.05) is 7.11 Å². The molecule has 0 aliphatic carbocycles. The number of hydrogen-bond acceptors (Lipinski definition) is 4. The molecule has 0 aromatic heterocycles. The number of nitrogens with zero attached hydrogens (tertiary/aromatic N) is 1. The van der Waals surface area contributed by atoms with Gasteiger partial charge in [-0.2, -0.15) is 10.5 Å². The zero-order valence-electron chi connectivity index (χ0n) is 11.4. The summed E-state index contributed by atoms with van der Waals surface area (Å²) in [7, 11) is 1.58. The van der Waals surface area contributed by atoms with Crippen LogP contribution in [0.2, 0.25) is 0 Å². The van der Waals surface area contributed by atoms with E-state index in [9.17, 15) is 10.5 Å². The van der Waals surface area contributed by atoms with Crippen molar-refractivity contribution >= 4 is 17.3 Å². The van der Waals surface area contributed by atoms with Crippen molar-refractivity contribution in [3.8, 4) is 11.8 Å². The average Bonchev–Trinajstić information content (AvgIpc) is 2.53. The molecule has 0 aliphatic heterocycles. The Morgan fingerprint density at radius 2 is 2.00 bits per heavy atom. The molecule has 5 nitrogen and oxygen atoms in total. The van der Waals surface area contributed by atoms with Gasteiger partial charge in [-0.3, -0.25) is 0 Å². The summed E-state index contributed by atoms with van der Waals surface area (Å²) in [5.41, 5.74) is 2.07. The van der Waals surface area contributed by atoms with Crippen molar-refractivity contribution in [3.05, 3.63) is 64.9 Å². The Kier molecular flexibility index (Phi) is 4.69. The predicted molar refractivity (Wildman–Crippen MR) is 78.7 cm³/mol. The smallest absolute Gasteiger partial charge is 0.164 e. The average molecular weight is 282 g/mol. The van der Waals surface area contributed by atoms with Crippen LogP contribution in [0, 0.1) is 16.5 Å². The van der Waals surface area contributed by atoms with Gasteiger partial charge in [-0.1, -0.05) is 12.1 Å². The molecule has 106 valence electrons. The van der Waals surface area contributed by atoms with E-state index in [1.54, 1.807) is 49.6 Å². The first-order valence-electron chi connectivity index (χ1n) is 6.23. The van der Waals surface area contributed by atoms with E-state index in [0.29, 0.717) is 16.9 Å². The highest BCUT2D eigenvalue weighted by Crippen LogP contribution is 2.21. The van der Waals surface area contributed by atoms with Gasteiger partial charge < -0.3 is 9.94 Å². The number of quaternary nitrogens is 1. The fourth-order valence-corrected chi connectivity index (χ4v) is 1.88. The SMILES string of the molecule is COc1ccc(/C(C#N)=C\c2cccc([NH+]([O-])O)c2)cc1. The molecule has 21 heavy (non-hydrogen) atoms. The number of allylic oxidation sites excluding steroid dienone is 1. The summed E-state index contributed by atoms with van der Waals surface area (Å²) in [5, 5.41) is 28.2. The van der Waals surface area contributed by atoms with Gasteiger partial charge in [0.2, 0.25) is 0 Å². The van der Waals surface area contributed by atoms with Crippen molar-refractivity contribution < 1.29 is 15.2 Å². The third-order valence-electron chi connectivity index (χ3n) is 2.97. The number of nitrogens with one attached hydrogen (secondary N) is 1. The van der Waals surface area contributed by atoms with E-state index in [1.165, 1.54) is 12.1 Å². The first-order valence-corrected chi connectivity index (χ1v) is 6.23. The van der Waals surface area contributed by atoms with Gasteiger partial charge in [-0.25, -0.2) is 5.21 Å². The van der Waals surface area contributed by atoms with Gasteiger partial charge in [-0.15, -0.1) is 0 Å². The second-order valence-corrected chi connectivity index (χ2v) is 4.33. The van der Waals surface area contributed by atoms with Crippen LogP contribution >= 0.6 is 0 Å². The van der Waals surface area contributed by atoms with Crippen LogP contribution in [0.3, 0.4) is 0 Å². The summed E-state index contributed by atoms with van der Waals surface area (Å²) in [6, 6.07) is 15.7. The zero-order valence-corrected chi connectivity index (χ0v) is 11.4. The monoisotopic (exact) mass is 282 g/mol. The lowest BCUT2D eigenvalue weighted by Crippen LogP contribution is -2.99. The zero-order chi connectivity index (χ0) is 15.2. The normalized spacial score (nSPS) is 12.6. The van der Waals surface area contributed by atoms with E-state index >= 15 is 0 Å². The number of hydrogen-bond donors (Lipinski definition) is 2. The highest BCUT2D eigenvalue weighted by molar-refractivity contribution is 5.89. The third-order valence-corrected chi connectivity index (χ3v) is 2.97. The summed E-state index contributed by atoms with van der Waals surface area (Å²) in [6.45, 7) is 0. The number of rotatable bonds is 4. The molecule has 0 heterocycles. The minimum Gasteiger partial charge on any atom is -0.595 e. The molecule has 0 spiro atoms. The van der Waals surface area contributed by atoms with Gasteiger partial charge in [0, 0.05) is 12.1 Å². The molecule has 2 aromatic carbocycles. The van der Waals surface area contributed by atoms with E-state index < -0.39 is 5.23 Å². The molecule has 0 saturated heterocycles. The Labute approximate surface area is 122 Å². The third kappa shape index (κ3) is 3.68. The lowest BCUT2D eigenvalue weighted by molar-refractivity contribution is -0.991. The van der Waals surface area contributed by atoms with Gasteiger partial charge in [0.15, 0.2) is 5.69 Å². The maximum atomic E-state index is 10.9. The van der Waals surface area contributed by atoms with Gasteiger partial charge in [0.25, 0.3) is 0 Å². The van der Waals surface area contributed by atoms with Crippen LogP contribution in [0.15, 0.2) is 48.5 Å². The van der Waals surface area contributed by atoms with Gasteiger partial charge in [0.05, 0.1) is 18.8 Å². The van der Waals surface area contributed by atoms with E-state index in [1.807, 2.05) is 0 Å².